The van der Waals surface area contributed by atoms with Crippen LogP contribution in [0.2, 0.25) is 0 Å². The summed E-state index contributed by atoms with van der Waals surface area (Å²) in [4.78, 5) is 13.7. The van der Waals surface area contributed by atoms with Gasteiger partial charge in [-0.25, -0.2) is 9.97 Å². The lowest BCUT2D eigenvalue weighted by molar-refractivity contribution is 0.0997. The number of fused-ring (bicyclic) bond motifs is 2. The van der Waals surface area contributed by atoms with Gasteiger partial charge in [0.05, 0.1) is 12.2 Å². The molecule has 0 bridgehead atoms. The Balaban J connectivity index is 1.38. The van der Waals surface area contributed by atoms with Crippen LogP contribution >= 0.6 is 0 Å². The average Bonchev–Trinajstić information content (AvgIpc) is 2.77. The Kier molecular flexibility index (Phi) is 4.50. The lowest BCUT2D eigenvalue weighted by Gasteiger charge is -2.27. The van der Waals surface area contributed by atoms with Gasteiger partial charge in [0, 0.05) is 30.1 Å². The first-order chi connectivity index (χ1) is 13.9. The van der Waals surface area contributed by atoms with Gasteiger partial charge in [0.15, 0.2) is 17.3 Å². The van der Waals surface area contributed by atoms with E-state index in [2.05, 4.69) is 15.6 Å². The zero-order valence-corrected chi connectivity index (χ0v) is 15.4. The second-order valence-electron chi connectivity index (χ2n) is 6.87. The molecule has 2 N–H and O–H groups in total. The quantitative estimate of drug-likeness (QED) is 0.725. The number of anilines is 1. The van der Waals surface area contributed by atoms with Crippen LogP contribution in [-0.4, -0.2) is 40.8 Å². The molecule has 28 heavy (non-hydrogen) atoms. The highest BCUT2D eigenvalue weighted by atomic mass is 16.6. The van der Waals surface area contributed by atoms with Crippen molar-refractivity contribution < 1.29 is 9.47 Å². The largest absolute Gasteiger partial charge is 0.486 e. The van der Waals surface area contributed by atoms with Gasteiger partial charge in [0.25, 0.3) is 0 Å². The summed E-state index contributed by atoms with van der Waals surface area (Å²) in [7, 11) is 0. The number of aromatic nitrogens is 3. The van der Waals surface area contributed by atoms with Gasteiger partial charge in [-0.2, -0.15) is 0 Å². The summed E-state index contributed by atoms with van der Waals surface area (Å²) < 4.78 is 11.9. The lowest BCUT2D eigenvalue weighted by Crippen LogP contribution is -2.36. The molecule has 4 heterocycles. The molecule has 1 atom stereocenters. The van der Waals surface area contributed by atoms with E-state index in [9.17, 15) is 0 Å². The number of rotatable bonds is 4. The summed E-state index contributed by atoms with van der Waals surface area (Å²) in [5.41, 5.74) is 3.11. The Labute approximate surface area is 163 Å². The molecule has 7 nitrogen and oxygen atoms in total. The molecule has 3 aromatic rings. The van der Waals surface area contributed by atoms with Gasteiger partial charge >= 0.3 is 0 Å². The van der Waals surface area contributed by atoms with Crippen LogP contribution in [0.15, 0.2) is 48.8 Å². The van der Waals surface area contributed by atoms with E-state index in [0.717, 1.165) is 48.1 Å². The summed E-state index contributed by atoms with van der Waals surface area (Å²) in [5.74, 6) is 3.13. The molecule has 0 saturated heterocycles. The van der Waals surface area contributed by atoms with E-state index in [-0.39, 0.29) is 6.10 Å². The highest BCUT2D eigenvalue weighted by molar-refractivity contribution is 5.59. The summed E-state index contributed by atoms with van der Waals surface area (Å²) in [6, 6.07) is 11.6. The lowest BCUT2D eigenvalue weighted by atomic mass is 10.1. The molecule has 2 aliphatic heterocycles. The second-order valence-corrected chi connectivity index (χ2v) is 6.87. The summed E-state index contributed by atoms with van der Waals surface area (Å²) in [5, 5.41) is 6.86. The predicted molar refractivity (Wildman–Crippen MR) is 106 cm³/mol. The molecular weight excluding hydrogens is 354 g/mol. The molecule has 0 fully saturated rings. The van der Waals surface area contributed by atoms with E-state index < -0.39 is 0 Å². The van der Waals surface area contributed by atoms with E-state index in [4.69, 9.17) is 19.4 Å². The van der Waals surface area contributed by atoms with Crippen LogP contribution in [-0.2, 0) is 13.0 Å². The zero-order chi connectivity index (χ0) is 18.8. The Morgan fingerprint density at radius 1 is 1.11 bits per heavy atom. The minimum atomic E-state index is -0.0796. The minimum Gasteiger partial charge on any atom is -0.486 e. The number of nitrogens with zero attached hydrogens (tertiary/aromatic N) is 3. The van der Waals surface area contributed by atoms with Crippen molar-refractivity contribution in [3.05, 3.63) is 60.0 Å². The topological polar surface area (TPSA) is 81.2 Å². The fourth-order valence-electron chi connectivity index (χ4n) is 3.50. The average molecular weight is 375 g/mol. The number of benzene rings is 1. The number of hydrogen-bond acceptors (Lipinski definition) is 7. The van der Waals surface area contributed by atoms with Crippen LogP contribution in [0.25, 0.3) is 11.4 Å². The summed E-state index contributed by atoms with van der Waals surface area (Å²) in [6.07, 6.45) is 4.36. The van der Waals surface area contributed by atoms with Crippen LogP contribution in [0.4, 0.5) is 5.82 Å². The molecule has 7 heteroatoms. The highest BCUT2D eigenvalue weighted by Gasteiger charge is 2.23. The minimum absolute atomic E-state index is 0.0796. The first-order valence-electron chi connectivity index (χ1n) is 9.50. The van der Waals surface area contributed by atoms with Gasteiger partial charge in [-0.15, -0.1) is 0 Å². The van der Waals surface area contributed by atoms with E-state index in [1.807, 2.05) is 36.4 Å². The third-order valence-corrected chi connectivity index (χ3v) is 4.92. The van der Waals surface area contributed by atoms with Gasteiger partial charge < -0.3 is 20.1 Å². The van der Waals surface area contributed by atoms with Crippen molar-refractivity contribution in [2.75, 3.05) is 25.0 Å². The van der Waals surface area contributed by atoms with Gasteiger partial charge in [-0.1, -0.05) is 12.1 Å². The normalized spacial score (nSPS) is 17.6. The fraction of sp³-hybridized carbons (Fsp3) is 0.286. The Morgan fingerprint density at radius 3 is 2.93 bits per heavy atom. The van der Waals surface area contributed by atoms with E-state index in [0.29, 0.717) is 19.0 Å². The Hall–Kier alpha value is -3.19. The number of para-hydroxylation sites is 2. The SMILES string of the molecule is c1cncc(-c2nc3c(c(NC[C@H]4COc5ccccc5O4)n2)CCNC3)c1. The molecule has 0 saturated carbocycles. The van der Waals surface area contributed by atoms with Crippen molar-refractivity contribution in [2.45, 2.75) is 19.1 Å². The van der Waals surface area contributed by atoms with Crippen molar-refractivity contribution in [3.63, 3.8) is 0 Å². The molecule has 2 aliphatic rings. The zero-order valence-electron chi connectivity index (χ0n) is 15.4. The second kappa shape index (κ2) is 7.44. The van der Waals surface area contributed by atoms with Crippen molar-refractivity contribution in [1.29, 1.82) is 0 Å². The molecule has 0 radical (unpaired) electrons. The third kappa shape index (κ3) is 3.36. The maximum absolute atomic E-state index is 6.06. The first kappa shape index (κ1) is 16.9. The van der Waals surface area contributed by atoms with Gasteiger partial charge in [-0.05, 0) is 37.2 Å². The van der Waals surface area contributed by atoms with Crippen LogP contribution in [0.5, 0.6) is 11.5 Å². The van der Waals surface area contributed by atoms with Crippen molar-refractivity contribution in [3.8, 4) is 22.9 Å². The van der Waals surface area contributed by atoms with Crippen molar-refractivity contribution >= 4 is 5.82 Å². The third-order valence-electron chi connectivity index (χ3n) is 4.92. The number of pyridine rings is 1. The van der Waals surface area contributed by atoms with Crippen LogP contribution in [0.1, 0.15) is 11.3 Å². The molecule has 2 aromatic heterocycles. The number of hydrogen-bond donors (Lipinski definition) is 2. The molecule has 1 aromatic carbocycles. The van der Waals surface area contributed by atoms with Crippen LogP contribution in [0, 0.1) is 0 Å². The van der Waals surface area contributed by atoms with E-state index in [1.165, 1.54) is 5.56 Å². The van der Waals surface area contributed by atoms with Crippen molar-refractivity contribution in [2.24, 2.45) is 0 Å². The van der Waals surface area contributed by atoms with Crippen LogP contribution in [0.3, 0.4) is 0 Å². The summed E-state index contributed by atoms with van der Waals surface area (Å²) in [6.45, 7) is 2.79. The first-order valence-corrected chi connectivity index (χ1v) is 9.50. The monoisotopic (exact) mass is 375 g/mol. The molecule has 142 valence electrons. The number of ether oxygens (including phenoxy) is 2. The van der Waals surface area contributed by atoms with E-state index >= 15 is 0 Å². The standard InChI is InChI=1S/C21H21N5O2/c1-2-6-19-18(5-1)27-13-15(28-19)11-24-21-16-7-9-23-12-17(16)25-20(26-21)14-4-3-8-22-10-14/h1-6,8,10,15,23H,7,9,11-13H2,(H,24,25,26)/t15-/m0/s1. The Bertz CT molecular complexity index is 980. The smallest absolute Gasteiger partial charge is 0.163 e. The fourth-order valence-corrected chi connectivity index (χ4v) is 3.50. The molecule has 0 aliphatic carbocycles. The van der Waals surface area contributed by atoms with Crippen LogP contribution < -0.4 is 20.1 Å². The summed E-state index contributed by atoms with van der Waals surface area (Å²) >= 11 is 0. The molecule has 0 unspecified atom stereocenters. The molecule has 0 spiro atoms. The maximum Gasteiger partial charge on any atom is 0.163 e. The Morgan fingerprint density at radius 2 is 2.04 bits per heavy atom. The molecule has 0 amide bonds. The van der Waals surface area contributed by atoms with Crippen molar-refractivity contribution in [1.82, 2.24) is 20.3 Å². The molecular formula is C21H21N5O2. The molecule has 5 rings (SSSR count). The highest BCUT2D eigenvalue weighted by Crippen LogP contribution is 2.31. The number of nitrogens with one attached hydrogen (secondary N) is 2. The van der Waals surface area contributed by atoms with E-state index in [1.54, 1.807) is 12.4 Å². The van der Waals surface area contributed by atoms with Gasteiger partial charge in [0.2, 0.25) is 0 Å². The van der Waals surface area contributed by atoms with Gasteiger partial charge in [0.1, 0.15) is 18.5 Å². The van der Waals surface area contributed by atoms with Gasteiger partial charge in [-0.3, -0.25) is 4.98 Å². The predicted octanol–water partition coefficient (Wildman–Crippen LogP) is 2.44. The maximum atomic E-state index is 6.06.